The summed E-state index contributed by atoms with van der Waals surface area (Å²) in [4.78, 5) is 4.49. The molecule has 0 radical (unpaired) electrons. The maximum Gasteiger partial charge on any atom is 0.227 e. The number of fused-ring (bicyclic) bond motifs is 1. The number of nitrogens with two attached hydrogens (primary N) is 1. The largest absolute Gasteiger partial charge is 0.436 e. The van der Waals surface area contributed by atoms with Crippen LogP contribution in [0.15, 0.2) is 47.4 Å². The molecule has 0 aliphatic carbocycles. The van der Waals surface area contributed by atoms with E-state index in [9.17, 15) is 0 Å². The Balaban J connectivity index is 1.83. The van der Waals surface area contributed by atoms with Gasteiger partial charge in [0.25, 0.3) is 0 Å². The van der Waals surface area contributed by atoms with Gasteiger partial charge in [0, 0.05) is 5.56 Å². The van der Waals surface area contributed by atoms with Crippen LogP contribution in [-0.4, -0.2) is 19.7 Å². The standard InChI is InChI=1S/C15H9Cl2N5O/c16-10-3-8(4-11(17)14(10)18)15-21-12-5-9(1-2-13(12)23-15)22-6-19-20-7-22/h1-7H,18H2. The first kappa shape index (κ1) is 14.0. The lowest BCUT2D eigenvalue weighted by molar-refractivity contribution is 0.620. The highest BCUT2D eigenvalue weighted by molar-refractivity contribution is 6.39. The van der Waals surface area contributed by atoms with Crippen molar-refractivity contribution in [2.24, 2.45) is 0 Å². The van der Waals surface area contributed by atoms with Gasteiger partial charge in [-0.3, -0.25) is 4.57 Å². The zero-order chi connectivity index (χ0) is 16.0. The van der Waals surface area contributed by atoms with Gasteiger partial charge in [-0.2, -0.15) is 0 Å². The quantitative estimate of drug-likeness (QED) is 0.556. The highest BCUT2D eigenvalue weighted by Gasteiger charge is 2.13. The van der Waals surface area contributed by atoms with Crippen LogP contribution in [0.5, 0.6) is 0 Å². The first-order chi connectivity index (χ1) is 11.1. The Kier molecular flexibility index (Phi) is 3.21. The normalized spacial score (nSPS) is 11.2. The molecule has 0 saturated heterocycles. The number of aromatic nitrogens is 4. The molecule has 0 aliphatic heterocycles. The summed E-state index contributed by atoms with van der Waals surface area (Å²) < 4.78 is 7.55. The van der Waals surface area contributed by atoms with Crippen LogP contribution in [0.4, 0.5) is 5.69 Å². The number of halogens is 2. The van der Waals surface area contributed by atoms with Crippen LogP contribution in [0.2, 0.25) is 10.0 Å². The van der Waals surface area contributed by atoms with Gasteiger partial charge < -0.3 is 10.2 Å². The van der Waals surface area contributed by atoms with E-state index in [1.54, 1.807) is 29.4 Å². The number of benzene rings is 2. The Morgan fingerprint density at radius 3 is 2.39 bits per heavy atom. The Hall–Kier alpha value is -2.57. The summed E-state index contributed by atoms with van der Waals surface area (Å²) in [7, 11) is 0. The smallest absolute Gasteiger partial charge is 0.227 e. The van der Waals surface area contributed by atoms with Crippen molar-refractivity contribution < 1.29 is 4.42 Å². The highest BCUT2D eigenvalue weighted by atomic mass is 35.5. The summed E-state index contributed by atoms with van der Waals surface area (Å²) in [5.74, 6) is 0.421. The molecule has 114 valence electrons. The van der Waals surface area contributed by atoms with Gasteiger partial charge in [-0.15, -0.1) is 10.2 Å². The Morgan fingerprint density at radius 1 is 1.00 bits per heavy atom. The van der Waals surface area contributed by atoms with Crippen LogP contribution in [0.3, 0.4) is 0 Å². The number of anilines is 1. The predicted molar refractivity (Wildman–Crippen MR) is 88.8 cm³/mol. The lowest BCUT2D eigenvalue weighted by atomic mass is 10.2. The summed E-state index contributed by atoms with van der Waals surface area (Å²) >= 11 is 12.1. The summed E-state index contributed by atoms with van der Waals surface area (Å²) in [5.41, 5.74) is 8.99. The van der Waals surface area contributed by atoms with Gasteiger partial charge in [0.1, 0.15) is 18.2 Å². The number of rotatable bonds is 2. The lowest BCUT2D eigenvalue weighted by Gasteiger charge is -2.03. The number of hydrogen-bond acceptors (Lipinski definition) is 5. The van der Waals surface area contributed by atoms with Crippen LogP contribution in [0.1, 0.15) is 0 Å². The van der Waals surface area contributed by atoms with Crippen molar-refractivity contribution in [3.63, 3.8) is 0 Å². The molecular formula is C15H9Cl2N5O. The zero-order valence-electron chi connectivity index (χ0n) is 11.6. The van der Waals surface area contributed by atoms with E-state index in [4.69, 9.17) is 33.4 Å². The van der Waals surface area contributed by atoms with Crippen molar-refractivity contribution in [3.05, 3.63) is 53.0 Å². The molecule has 0 atom stereocenters. The van der Waals surface area contributed by atoms with E-state index in [0.717, 1.165) is 5.69 Å². The van der Waals surface area contributed by atoms with E-state index >= 15 is 0 Å². The maximum absolute atomic E-state index is 6.06. The number of nitrogen functional groups attached to an aromatic ring is 1. The second-order valence-corrected chi connectivity index (χ2v) is 5.71. The van der Waals surface area contributed by atoms with Gasteiger partial charge in [-0.05, 0) is 30.3 Å². The number of oxazole rings is 1. The number of nitrogens with zero attached hydrogens (tertiary/aromatic N) is 4. The molecule has 0 unspecified atom stereocenters. The molecule has 8 heteroatoms. The first-order valence-corrected chi connectivity index (χ1v) is 7.38. The molecule has 2 aromatic heterocycles. The summed E-state index contributed by atoms with van der Waals surface area (Å²) in [6.07, 6.45) is 3.23. The van der Waals surface area contributed by atoms with Crippen molar-refractivity contribution in [1.29, 1.82) is 0 Å². The minimum atomic E-state index is 0.336. The van der Waals surface area contributed by atoms with Crippen LogP contribution in [-0.2, 0) is 0 Å². The molecule has 0 saturated carbocycles. The second kappa shape index (κ2) is 5.26. The van der Waals surface area contributed by atoms with Gasteiger partial charge in [-0.1, -0.05) is 23.2 Å². The van der Waals surface area contributed by atoms with Crippen molar-refractivity contribution >= 4 is 40.0 Å². The second-order valence-electron chi connectivity index (χ2n) is 4.89. The van der Waals surface area contributed by atoms with Crippen LogP contribution in [0.25, 0.3) is 28.2 Å². The van der Waals surface area contributed by atoms with Crippen molar-refractivity contribution in [3.8, 4) is 17.1 Å². The first-order valence-electron chi connectivity index (χ1n) is 6.62. The van der Waals surface area contributed by atoms with E-state index in [-0.39, 0.29) is 0 Å². The van der Waals surface area contributed by atoms with Crippen molar-refractivity contribution in [2.45, 2.75) is 0 Å². The van der Waals surface area contributed by atoms with Crippen LogP contribution < -0.4 is 5.73 Å². The minimum absolute atomic E-state index is 0.336. The van der Waals surface area contributed by atoms with E-state index in [1.165, 1.54) is 0 Å². The third-order valence-corrected chi connectivity index (χ3v) is 4.04. The third-order valence-electron chi connectivity index (χ3n) is 3.41. The van der Waals surface area contributed by atoms with Gasteiger partial charge in [0.15, 0.2) is 5.58 Å². The summed E-state index contributed by atoms with van der Waals surface area (Å²) in [6, 6.07) is 8.96. The van der Waals surface area contributed by atoms with E-state index in [2.05, 4.69) is 15.2 Å². The van der Waals surface area contributed by atoms with E-state index in [1.807, 2.05) is 18.2 Å². The Morgan fingerprint density at radius 2 is 1.70 bits per heavy atom. The fourth-order valence-electron chi connectivity index (χ4n) is 2.24. The molecule has 0 bridgehead atoms. The average Bonchev–Trinajstić information content (AvgIpc) is 3.20. The summed E-state index contributed by atoms with van der Waals surface area (Å²) in [6.45, 7) is 0. The minimum Gasteiger partial charge on any atom is -0.436 e. The zero-order valence-corrected chi connectivity index (χ0v) is 13.1. The van der Waals surface area contributed by atoms with Crippen molar-refractivity contribution in [2.75, 3.05) is 5.73 Å². The molecule has 0 amide bonds. The molecule has 23 heavy (non-hydrogen) atoms. The lowest BCUT2D eigenvalue weighted by Crippen LogP contribution is -1.89. The SMILES string of the molecule is Nc1c(Cl)cc(-c2nc3cc(-n4cnnc4)ccc3o2)cc1Cl. The molecule has 2 heterocycles. The summed E-state index contributed by atoms with van der Waals surface area (Å²) in [5, 5.41) is 8.30. The molecule has 4 aromatic rings. The van der Waals surface area contributed by atoms with Crippen molar-refractivity contribution in [1.82, 2.24) is 19.7 Å². The molecule has 2 N–H and O–H groups in total. The third kappa shape index (κ3) is 2.42. The predicted octanol–water partition coefficient (Wildman–Crippen LogP) is 3.96. The molecule has 0 spiro atoms. The molecule has 6 nitrogen and oxygen atoms in total. The average molecular weight is 346 g/mol. The number of hydrogen-bond donors (Lipinski definition) is 1. The topological polar surface area (TPSA) is 82.8 Å². The molecular weight excluding hydrogens is 337 g/mol. The highest BCUT2D eigenvalue weighted by Crippen LogP contribution is 2.34. The van der Waals surface area contributed by atoms with E-state index < -0.39 is 0 Å². The molecule has 4 rings (SSSR count). The monoisotopic (exact) mass is 345 g/mol. The fourth-order valence-corrected chi connectivity index (χ4v) is 2.73. The van der Waals surface area contributed by atoms with Gasteiger partial charge in [0.05, 0.1) is 21.4 Å². The van der Waals surface area contributed by atoms with Gasteiger partial charge in [0.2, 0.25) is 5.89 Å². The Labute approximate surface area is 140 Å². The Bertz CT molecular complexity index is 987. The van der Waals surface area contributed by atoms with E-state index in [0.29, 0.717) is 38.3 Å². The van der Waals surface area contributed by atoms with Crippen LogP contribution in [0, 0.1) is 0 Å². The van der Waals surface area contributed by atoms with Crippen LogP contribution >= 0.6 is 23.2 Å². The molecule has 2 aromatic carbocycles. The van der Waals surface area contributed by atoms with Gasteiger partial charge in [-0.25, -0.2) is 4.98 Å². The maximum atomic E-state index is 6.06. The molecule has 0 fully saturated rings. The fraction of sp³-hybridized carbons (Fsp3) is 0. The van der Waals surface area contributed by atoms with Gasteiger partial charge >= 0.3 is 0 Å². The molecule has 0 aliphatic rings.